The lowest BCUT2D eigenvalue weighted by Gasteiger charge is -2.44. The number of anilines is 1. The number of ether oxygens (including phenoxy) is 1. The Bertz CT molecular complexity index is 1240. The third-order valence-corrected chi connectivity index (χ3v) is 6.79. The van der Waals surface area contributed by atoms with Crippen LogP contribution in [-0.4, -0.2) is 34.1 Å². The van der Waals surface area contributed by atoms with Gasteiger partial charge in [-0.05, 0) is 24.1 Å². The summed E-state index contributed by atoms with van der Waals surface area (Å²) in [7, 11) is 0. The summed E-state index contributed by atoms with van der Waals surface area (Å²) in [5, 5.41) is 11.5. The topological polar surface area (TPSA) is 73.4 Å². The van der Waals surface area contributed by atoms with Crippen molar-refractivity contribution in [3.05, 3.63) is 101 Å². The quantitative estimate of drug-likeness (QED) is 0.654. The van der Waals surface area contributed by atoms with Crippen LogP contribution in [0.4, 0.5) is 5.69 Å². The van der Waals surface area contributed by atoms with Crippen LogP contribution >= 0.6 is 0 Å². The molecule has 3 aromatic rings. The minimum Gasteiger partial charge on any atom is -0.385 e. The second kappa shape index (κ2) is 6.51. The first-order valence-electron chi connectivity index (χ1n) is 10.7. The number of aryl methyl sites for hydroxylation is 1. The number of para-hydroxylation sites is 1. The maximum Gasteiger partial charge on any atom is 0.281 e. The van der Waals surface area contributed by atoms with E-state index in [9.17, 15) is 14.7 Å². The minimum atomic E-state index is -1.60. The molecule has 3 aliphatic rings. The van der Waals surface area contributed by atoms with E-state index >= 15 is 0 Å². The number of fused-ring (bicyclic) bond motifs is 2. The Labute approximate surface area is 185 Å². The summed E-state index contributed by atoms with van der Waals surface area (Å²) in [6.45, 7) is 2.22. The van der Waals surface area contributed by atoms with Crippen LogP contribution in [0.25, 0.3) is 0 Å². The van der Waals surface area contributed by atoms with Crippen molar-refractivity contribution in [3.8, 4) is 0 Å². The fourth-order valence-electron chi connectivity index (χ4n) is 5.24. The average Bonchev–Trinajstić information content (AvgIpc) is 3.51. The van der Waals surface area contributed by atoms with Gasteiger partial charge in [-0.2, -0.15) is 0 Å². The molecule has 0 bridgehead atoms. The normalized spacial score (nSPS) is 28.1. The molecule has 6 nitrogen and oxygen atoms in total. The molecule has 2 fully saturated rings. The predicted molar refractivity (Wildman–Crippen MR) is 117 cm³/mol. The van der Waals surface area contributed by atoms with Gasteiger partial charge in [0.1, 0.15) is 12.6 Å². The van der Waals surface area contributed by atoms with Gasteiger partial charge in [-0.3, -0.25) is 14.5 Å². The molecule has 6 rings (SSSR count). The monoisotopic (exact) mass is 426 g/mol. The summed E-state index contributed by atoms with van der Waals surface area (Å²) in [6, 6.07) is 24.3. The zero-order chi connectivity index (χ0) is 22.1. The molecule has 6 heteroatoms. The van der Waals surface area contributed by atoms with E-state index in [-0.39, 0.29) is 18.4 Å². The molecule has 0 aliphatic carbocycles. The first-order valence-corrected chi connectivity index (χ1v) is 10.7. The smallest absolute Gasteiger partial charge is 0.281 e. The van der Waals surface area contributed by atoms with E-state index in [1.807, 2.05) is 67.6 Å². The van der Waals surface area contributed by atoms with Crippen LogP contribution in [0.2, 0.25) is 0 Å². The number of amides is 2. The lowest BCUT2D eigenvalue weighted by molar-refractivity contribution is -0.147. The molecule has 32 heavy (non-hydrogen) atoms. The van der Waals surface area contributed by atoms with Gasteiger partial charge in [0, 0.05) is 12.1 Å². The van der Waals surface area contributed by atoms with Gasteiger partial charge in [0.15, 0.2) is 5.60 Å². The summed E-state index contributed by atoms with van der Waals surface area (Å²) in [6.07, 6.45) is -1.09. The number of epoxide rings is 1. The molecule has 1 N–H and O–H groups in total. The number of hydrogen-bond acceptors (Lipinski definition) is 4. The van der Waals surface area contributed by atoms with Crippen LogP contribution in [0.15, 0.2) is 78.9 Å². The number of rotatable bonds is 3. The maximum atomic E-state index is 14.0. The molecule has 3 atom stereocenters. The first kappa shape index (κ1) is 19.2. The number of benzene rings is 3. The summed E-state index contributed by atoms with van der Waals surface area (Å²) in [5.41, 5.74) is 0.822. The van der Waals surface area contributed by atoms with Gasteiger partial charge in [-0.25, -0.2) is 0 Å². The second-order valence-electron chi connectivity index (χ2n) is 8.69. The van der Waals surface area contributed by atoms with E-state index in [0.29, 0.717) is 23.4 Å². The van der Waals surface area contributed by atoms with Crippen molar-refractivity contribution in [2.45, 2.75) is 30.9 Å². The Morgan fingerprint density at radius 3 is 2.41 bits per heavy atom. The lowest BCUT2D eigenvalue weighted by Crippen LogP contribution is -2.66. The van der Waals surface area contributed by atoms with E-state index in [4.69, 9.17) is 4.74 Å². The zero-order valence-electron chi connectivity index (χ0n) is 17.6. The molecular weight excluding hydrogens is 404 g/mol. The SMILES string of the molecule is Cc1ccc([C@]23O[C@]24C(=O)N(Cc2ccccc2)CC(=O)N4c2ccccc2[C@@H]3O)cc1. The Balaban J connectivity index is 1.52. The van der Waals surface area contributed by atoms with Gasteiger partial charge in [0.05, 0.1) is 5.69 Å². The summed E-state index contributed by atoms with van der Waals surface area (Å²) >= 11 is 0. The van der Waals surface area contributed by atoms with E-state index < -0.39 is 17.4 Å². The van der Waals surface area contributed by atoms with Gasteiger partial charge in [0.25, 0.3) is 11.6 Å². The summed E-state index contributed by atoms with van der Waals surface area (Å²) in [5.74, 6) is -0.538. The Hall–Kier alpha value is -3.48. The molecule has 0 saturated carbocycles. The number of carbonyl (C=O) groups excluding carboxylic acids is 2. The van der Waals surface area contributed by atoms with Crippen molar-refractivity contribution in [3.63, 3.8) is 0 Å². The largest absolute Gasteiger partial charge is 0.385 e. The van der Waals surface area contributed by atoms with Crippen LogP contribution in [-0.2, 0) is 26.5 Å². The predicted octanol–water partition coefficient (Wildman–Crippen LogP) is 3.04. The van der Waals surface area contributed by atoms with Gasteiger partial charge in [0.2, 0.25) is 5.91 Å². The Kier molecular flexibility index (Phi) is 3.91. The van der Waals surface area contributed by atoms with Crippen LogP contribution in [0.3, 0.4) is 0 Å². The van der Waals surface area contributed by atoms with E-state index in [0.717, 1.165) is 11.1 Å². The van der Waals surface area contributed by atoms with E-state index in [1.54, 1.807) is 18.2 Å². The van der Waals surface area contributed by atoms with Crippen molar-refractivity contribution in [2.75, 3.05) is 11.4 Å². The molecule has 2 amide bonds. The molecular formula is C26H22N2O4. The highest BCUT2D eigenvalue weighted by Crippen LogP contribution is 2.69. The molecule has 0 radical (unpaired) electrons. The molecule has 1 spiro atoms. The van der Waals surface area contributed by atoms with Gasteiger partial charge in [-0.1, -0.05) is 78.4 Å². The third kappa shape index (κ3) is 2.31. The van der Waals surface area contributed by atoms with E-state index in [2.05, 4.69) is 0 Å². The fourth-order valence-corrected chi connectivity index (χ4v) is 5.24. The van der Waals surface area contributed by atoms with E-state index in [1.165, 1.54) is 9.80 Å². The van der Waals surface area contributed by atoms with Crippen molar-refractivity contribution in [1.29, 1.82) is 0 Å². The Morgan fingerprint density at radius 1 is 0.969 bits per heavy atom. The number of piperazine rings is 1. The number of carbonyl (C=O) groups is 2. The zero-order valence-corrected chi connectivity index (χ0v) is 17.6. The standard InChI is InChI=1S/C26H22N2O4/c1-17-11-13-19(14-12-17)25-23(30)20-9-5-6-10-21(20)28-22(29)16-27(24(31)26(25,28)32-25)15-18-7-3-2-4-8-18/h2-14,23,30H,15-16H2,1H3/t23-,25+,26+/m0/s1. The molecule has 0 aromatic heterocycles. The van der Waals surface area contributed by atoms with Gasteiger partial charge >= 0.3 is 0 Å². The molecule has 0 unspecified atom stereocenters. The summed E-state index contributed by atoms with van der Waals surface area (Å²) < 4.78 is 6.29. The van der Waals surface area contributed by atoms with Crippen LogP contribution in [0.1, 0.15) is 28.4 Å². The molecule has 3 aliphatic heterocycles. The third-order valence-electron chi connectivity index (χ3n) is 6.79. The lowest BCUT2D eigenvalue weighted by atomic mass is 9.76. The number of hydrogen-bond donors (Lipinski definition) is 1. The van der Waals surface area contributed by atoms with Crippen molar-refractivity contribution < 1.29 is 19.4 Å². The molecule has 160 valence electrons. The highest BCUT2D eigenvalue weighted by molar-refractivity contribution is 6.12. The molecule has 2 saturated heterocycles. The molecule has 3 heterocycles. The first-order chi connectivity index (χ1) is 15.5. The highest BCUT2D eigenvalue weighted by atomic mass is 16.7. The second-order valence-corrected chi connectivity index (χ2v) is 8.69. The number of nitrogens with zero attached hydrogens (tertiary/aromatic N) is 2. The molecule has 3 aromatic carbocycles. The Morgan fingerprint density at radius 2 is 1.66 bits per heavy atom. The van der Waals surface area contributed by atoms with Crippen molar-refractivity contribution >= 4 is 17.5 Å². The van der Waals surface area contributed by atoms with Gasteiger partial charge < -0.3 is 14.7 Å². The highest BCUT2D eigenvalue weighted by Gasteiger charge is 2.86. The van der Waals surface area contributed by atoms with Crippen LogP contribution < -0.4 is 4.90 Å². The van der Waals surface area contributed by atoms with Crippen LogP contribution in [0, 0.1) is 6.92 Å². The minimum absolute atomic E-state index is 0.0484. The average molecular weight is 426 g/mol. The van der Waals surface area contributed by atoms with Gasteiger partial charge in [-0.15, -0.1) is 0 Å². The summed E-state index contributed by atoms with van der Waals surface area (Å²) in [4.78, 5) is 30.4. The fraction of sp³-hybridized carbons (Fsp3) is 0.231. The van der Waals surface area contributed by atoms with Crippen molar-refractivity contribution in [1.82, 2.24) is 4.90 Å². The van der Waals surface area contributed by atoms with Crippen LogP contribution in [0.5, 0.6) is 0 Å². The van der Waals surface area contributed by atoms with Crippen molar-refractivity contribution in [2.24, 2.45) is 0 Å². The number of aliphatic hydroxyl groups is 1. The maximum absolute atomic E-state index is 14.0. The number of aliphatic hydroxyl groups excluding tert-OH is 1.